The molecule has 2 heterocycles. The summed E-state index contributed by atoms with van der Waals surface area (Å²) >= 11 is 0. The van der Waals surface area contributed by atoms with Crippen LogP contribution < -0.4 is 0 Å². The molecule has 6 nitrogen and oxygen atoms in total. The second-order valence-electron chi connectivity index (χ2n) is 5.79. The van der Waals surface area contributed by atoms with Crippen molar-refractivity contribution in [1.29, 1.82) is 0 Å². The Labute approximate surface area is 125 Å². The van der Waals surface area contributed by atoms with E-state index >= 15 is 0 Å². The molecule has 1 unspecified atom stereocenters. The fraction of sp³-hybridized carbons (Fsp3) is 0.643. The summed E-state index contributed by atoms with van der Waals surface area (Å²) in [5, 5.41) is 0. The van der Waals surface area contributed by atoms with Gasteiger partial charge in [0, 0.05) is 25.0 Å². The molecule has 1 aliphatic rings. The van der Waals surface area contributed by atoms with E-state index in [0.29, 0.717) is 24.6 Å². The highest BCUT2D eigenvalue weighted by atomic mass is 32.2. The summed E-state index contributed by atoms with van der Waals surface area (Å²) in [5.41, 5.74) is 1.15. The van der Waals surface area contributed by atoms with E-state index in [1.54, 1.807) is 17.9 Å². The zero-order chi connectivity index (χ0) is 15.6. The monoisotopic (exact) mass is 311 g/mol. The Morgan fingerprint density at radius 3 is 2.71 bits per heavy atom. The molecular weight excluding hydrogens is 290 g/mol. The van der Waals surface area contributed by atoms with Gasteiger partial charge in [0.05, 0.1) is 5.75 Å². The highest BCUT2D eigenvalue weighted by molar-refractivity contribution is 7.90. The van der Waals surface area contributed by atoms with Crippen LogP contribution in [0, 0.1) is 19.8 Å². The molecular formula is C14H21N3O3S. The molecule has 1 atom stereocenters. The van der Waals surface area contributed by atoms with Gasteiger partial charge >= 0.3 is 0 Å². The lowest BCUT2D eigenvalue weighted by molar-refractivity contribution is 0.0677. The van der Waals surface area contributed by atoms with Crippen molar-refractivity contribution in [1.82, 2.24) is 14.9 Å². The van der Waals surface area contributed by atoms with Crippen molar-refractivity contribution in [3.63, 3.8) is 0 Å². The summed E-state index contributed by atoms with van der Waals surface area (Å²) in [5.74, 6) is 0.588. The molecule has 2 rings (SSSR count). The maximum Gasteiger partial charge on any atom is 0.272 e. The Balaban J connectivity index is 2.12. The third-order valence-electron chi connectivity index (χ3n) is 3.53. The summed E-state index contributed by atoms with van der Waals surface area (Å²) in [6, 6.07) is 1.68. The van der Waals surface area contributed by atoms with E-state index < -0.39 is 9.84 Å². The van der Waals surface area contributed by atoms with Gasteiger partial charge < -0.3 is 4.90 Å². The molecule has 0 spiro atoms. The number of piperidine rings is 1. The number of hydrogen-bond donors (Lipinski definition) is 0. The Kier molecular flexibility index (Phi) is 4.61. The normalized spacial score (nSPS) is 19.6. The number of carbonyl (C=O) groups is 1. The largest absolute Gasteiger partial charge is 0.337 e. The summed E-state index contributed by atoms with van der Waals surface area (Å²) in [6.45, 7) is 4.72. The molecule has 0 radical (unpaired) electrons. The first kappa shape index (κ1) is 15.9. The van der Waals surface area contributed by atoms with Gasteiger partial charge in [-0.2, -0.15) is 0 Å². The summed E-state index contributed by atoms with van der Waals surface area (Å²) < 4.78 is 22.8. The van der Waals surface area contributed by atoms with Crippen LogP contribution in [0.25, 0.3) is 0 Å². The minimum absolute atomic E-state index is 0.0155. The second kappa shape index (κ2) is 6.09. The molecule has 1 aromatic heterocycles. The van der Waals surface area contributed by atoms with Crippen molar-refractivity contribution in [2.45, 2.75) is 26.7 Å². The fourth-order valence-corrected chi connectivity index (χ4v) is 3.93. The van der Waals surface area contributed by atoms with E-state index in [1.807, 2.05) is 6.92 Å². The molecule has 7 heteroatoms. The van der Waals surface area contributed by atoms with E-state index in [0.717, 1.165) is 18.5 Å². The van der Waals surface area contributed by atoms with Gasteiger partial charge in [-0.3, -0.25) is 4.79 Å². The summed E-state index contributed by atoms with van der Waals surface area (Å²) in [6.07, 6.45) is 2.92. The lowest BCUT2D eigenvalue weighted by atomic mass is 10.00. The second-order valence-corrected chi connectivity index (χ2v) is 7.98. The minimum atomic E-state index is -3.01. The van der Waals surface area contributed by atoms with Gasteiger partial charge in [0.2, 0.25) is 0 Å². The Morgan fingerprint density at radius 2 is 2.10 bits per heavy atom. The fourth-order valence-electron chi connectivity index (χ4n) is 2.80. The van der Waals surface area contributed by atoms with Gasteiger partial charge in [-0.1, -0.05) is 0 Å². The molecule has 0 bridgehead atoms. The standard InChI is InChI=1S/C14H21N3O3S/c1-10-7-13(16-11(2)15-10)14(18)17-6-4-5-12(8-17)9-21(3,19)20/h7,12H,4-6,8-9H2,1-3H3. The Hall–Kier alpha value is -1.50. The van der Waals surface area contributed by atoms with Crippen LogP contribution in [0.4, 0.5) is 0 Å². The molecule has 1 amide bonds. The van der Waals surface area contributed by atoms with Crippen molar-refractivity contribution >= 4 is 15.7 Å². The van der Waals surface area contributed by atoms with Gasteiger partial charge in [-0.15, -0.1) is 0 Å². The van der Waals surface area contributed by atoms with Gasteiger partial charge in [-0.25, -0.2) is 18.4 Å². The molecule has 1 saturated heterocycles. The van der Waals surface area contributed by atoms with Crippen molar-refractivity contribution < 1.29 is 13.2 Å². The average molecular weight is 311 g/mol. The molecule has 0 aromatic carbocycles. The molecule has 1 aliphatic heterocycles. The molecule has 1 aromatic rings. The molecule has 0 aliphatic carbocycles. The zero-order valence-corrected chi connectivity index (χ0v) is 13.5. The van der Waals surface area contributed by atoms with E-state index in [2.05, 4.69) is 9.97 Å². The van der Waals surface area contributed by atoms with Crippen LogP contribution in [0.3, 0.4) is 0 Å². The Morgan fingerprint density at radius 1 is 1.38 bits per heavy atom. The number of hydrogen-bond acceptors (Lipinski definition) is 5. The number of sulfone groups is 1. The molecule has 0 saturated carbocycles. The number of carbonyl (C=O) groups excluding carboxylic acids is 1. The molecule has 21 heavy (non-hydrogen) atoms. The van der Waals surface area contributed by atoms with Crippen LogP contribution in [0.15, 0.2) is 6.07 Å². The first-order valence-corrected chi connectivity index (χ1v) is 9.10. The van der Waals surface area contributed by atoms with Crippen molar-refractivity contribution in [3.05, 3.63) is 23.3 Å². The minimum Gasteiger partial charge on any atom is -0.337 e. The van der Waals surface area contributed by atoms with Crippen LogP contribution in [-0.2, 0) is 9.84 Å². The summed E-state index contributed by atoms with van der Waals surface area (Å²) in [7, 11) is -3.01. The van der Waals surface area contributed by atoms with Crippen LogP contribution in [0.5, 0.6) is 0 Å². The maximum absolute atomic E-state index is 12.5. The number of aromatic nitrogens is 2. The van der Waals surface area contributed by atoms with Crippen LogP contribution in [-0.4, -0.2) is 54.3 Å². The third-order valence-corrected chi connectivity index (χ3v) is 4.61. The lowest BCUT2D eigenvalue weighted by Crippen LogP contribution is -2.42. The van der Waals surface area contributed by atoms with Crippen molar-refractivity contribution in [3.8, 4) is 0 Å². The topological polar surface area (TPSA) is 80.2 Å². The maximum atomic E-state index is 12.5. The number of rotatable bonds is 3. The van der Waals surface area contributed by atoms with E-state index in [4.69, 9.17) is 0 Å². The zero-order valence-electron chi connectivity index (χ0n) is 12.7. The van der Waals surface area contributed by atoms with Gasteiger partial charge in [0.1, 0.15) is 21.4 Å². The number of nitrogens with zero attached hydrogens (tertiary/aromatic N) is 3. The van der Waals surface area contributed by atoms with E-state index in [-0.39, 0.29) is 17.6 Å². The number of amides is 1. The SMILES string of the molecule is Cc1cc(C(=O)N2CCCC(CS(C)(=O)=O)C2)nc(C)n1. The van der Waals surface area contributed by atoms with Crippen LogP contribution in [0.2, 0.25) is 0 Å². The highest BCUT2D eigenvalue weighted by Crippen LogP contribution is 2.19. The third kappa shape index (κ3) is 4.49. The summed E-state index contributed by atoms with van der Waals surface area (Å²) in [4.78, 5) is 22.6. The van der Waals surface area contributed by atoms with Gasteiger partial charge in [0.15, 0.2) is 0 Å². The predicted molar refractivity (Wildman–Crippen MR) is 79.8 cm³/mol. The smallest absolute Gasteiger partial charge is 0.272 e. The van der Waals surface area contributed by atoms with E-state index in [9.17, 15) is 13.2 Å². The quantitative estimate of drug-likeness (QED) is 0.831. The van der Waals surface area contributed by atoms with Crippen LogP contribution >= 0.6 is 0 Å². The molecule has 0 N–H and O–H groups in total. The van der Waals surface area contributed by atoms with E-state index in [1.165, 1.54) is 6.26 Å². The first-order chi connectivity index (χ1) is 9.74. The van der Waals surface area contributed by atoms with Crippen molar-refractivity contribution in [2.75, 3.05) is 25.1 Å². The van der Waals surface area contributed by atoms with Crippen LogP contribution in [0.1, 0.15) is 34.8 Å². The number of aryl methyl sites for hydroxylation is 2. The first-order valence-electron chi connectivity index (χ1n) is 7.04. The average Bonchev–Trinajstić information content (AvgIpc) is 2.35. The lowest BCUT2D eigenvalue weighted by Gasteiger charge is -2.32. The molecule has 116 valence electrons. The predicted octanol–water partition coefficient (Wildman–Crippen LogP) is 0.990. The van der Waals surface area contributed by atoms with Crippen molar-refractivity contribution in [2.24, 2.45) is 5.92 Å². The molecule has 1 fully saturated rings. The van der Waals surface area contributed by atoms with Gasteiger partial charge in [-0.05, 0) is 38.7 Å². The Bertz CT molecular complexity index is 623. The highest BCUT2D eigenvalue weighted by Gasteiger charge is 2.27. The van der Waals surface area contributed by atoms with Gasteiger partial charge in [0.25, 0.3) is 5.91 Å². The number of likely N-dealkylation sites (tertiary alicyclic amines) is 1.